The summed E-state index contributed by atoms with van der Waals surface area (Å²) >= 11 is 0. The fourth-order valence-corrected chi connectivity index (χ4v) is 3.08. The van der Waals surface area contributed by atoms with Crippen molar-refractivity contribution in [3.8, 4) is 0 Å². The lowest BCUT2D eigenvalue weighted by Gasteiger charge is -2.28. The van der Waals surface area contributed by atoms with Crippen LogP contribution in [0, 0.1) is 0 Å². The van der Waals surface area contributed by atoms with Crippen LogP contribution in [0.4, 0.5) is 0 Å². The number of aliphatic hydroxyl groups is 1. The fourth-order valence-electron chi connectivity index (χ4n) is 3.08. The molecule has 0 spiro atoms. The minimum absolute atomic E-state index is 0.349. The van der Waals surface area contributed by atoms with Crippen LogP contribution in [-0.4, -0.2) is 41.6 Å². The Balaban J connectivity index is 1.72. The Labute approximate surface area is 136 Å². The van der Waals surface area contributed by atoms with E-state index in [1.54, 1.807) is 6.08 Å². The van der Waals surface area contributed by atoms with Crippen molar-refractivity contribution in [1.82, 2.24) is 0 Å². The summed E-state index contributed by atoms with van der Waals surface area (Å²) < 4.78 is 23.6. The third kappa shape index (κ3) is 3.65. The van der Waals surface area contributed by atoms with Crippen LogP contribution < -0.4 is 0 Å². The third-order valence-corrected chi connectivity index (χ3v) is 4.10. The van der Waals surface area contributed by atoms with Crippen molar-refractivity contribution in [1.29, 1.82) is 0 Å². The van der Waals surface area contributed by atoms with Gasteiger partial charge in [-0.3, -0.25) is 0 Å². The Bertz CT molecular complexity index is 529. The molecule has 0 saturated carbocycles. The zero-order valence-corrected chi connectivity index (χ0v) is 13.6. The van der Waals surface area contributed by atoms with Gasteiger partial charge in [0.1, 0.15) is 18.3 Å². The summed E-state index contributed by atoms with van der Waals surface area (Å²) in [6.45, 7) is 7.79. The lowest BCUT2D eigenvalue weighted by molar-refractivity contribution is -0.230. The van der Waals surface area contributed by atoms with Crippen molar-refractivity contribution in [2.45, 2.75) is 63.4 Å². The van der Waals surface area contributed by atoms with Crippen LogP contribution in [0.1, 0.15) is 25.8 Å². The molecular weight excluding hydrogens is 296 g/mol. The SMILES string of the molecule is C=CCC(O)C1O[C@@H]2OC(C)(C)O[C@@H]2[C@H]1OCc1ccccc1. The van der Waals surface area contributed by atoms with E-state index in [0.717, 1.165) is 5.56 Å². The van der Waals surface area contributed by atoms with E-state index in [2.05, 4.69) is 6.58 Å². The number of fused-ring (bicyclic) bond motifs is 1. The molecule has 2 fully saturated rings. The summed E-state index contributed by atoms with van der Waals surface area (Å²) in [6.07, 6.45) is -0.358. The first kappa shape index (κ1) is 16.6. The Morgan fingerprint density at radius 2 is 2.04 bits per heavy atom. The lowest BCUT2D eigenvalue weighted by atomic mass is 10.0. The van der Waals surface area contributed by atoms with Crippen molar-refractivity contribution in [3.05, 3.63) is 48.6 Å². The summed E-state index contributed by atoms with van der Waals surface area (Å²) in [6, 6.07) is 9.89. The molecule has 2 saturated heterocycles. The third-order valence-electron chi connectivity index (χ3n) is 4.10. The number of benzene rings is 1. The summed E-state index contributed by atoms with van der Waals surface area (Å²) in [5, 5.41) is 10.3. The molecule has 1 aromatic carbocycles. The van der Waals surface area contributed by atoms with Crippen LogP contribution in [0.25, 0.3) is 0 Å². The maximum Gasteiger partial charge on any atom is 0.190 e. The van der Waals surface area contributed by atoms with Gasteiger partial charge in [0.05, 0.1) is 12.7 Å². The highest BCUT2D eigenvalue weighted by atomic mass is 16.8. The molecule has 126 valence electrons. The summed E-state index contributed by atoms with van der Waals surface area (Å²) in [5.41, 5.74) is 1.06. The molecule has 5 atom stereocenters. The van der Waals surface area contributed by atoms with Gasteiger partial charge in [-0.1, -0.05) is 36.4 Å². The van der Waals surface area contributed by atoms with Crippen molar-refractivity contribution in [2.24, 2.45) is 0 Å². The van der Waals surface area contributed by atoms with E-state index in [4.69, 9.17) is 18.9 Å². The van der Waals surface area contributed by atoms with Crippen LogP contribution in [0.2, 0.25) is 0 Å². The van der Waals surface area contributed by atoms with E-state index in [0.29, 0.717) is 13.0 Å². The summed E-state index contributed by atoms with van der Waals surface area (Å²) in [4.78, 5) is 0. The average Bonchev–Trinajstić information content (AvgIpc) is 2.98. The molecule has 2 unspecified atom stereocenters. The molecule has 0 aromatic heterocycles. The van der Waals surface area contributed by atoms with Gasteiger partial charge in [0, 0.05) is 0 Å². The van der Waals surface area contributed by atoms with Gasteiger partial charge < -0.3 is 24.1 Å². The molecule has 2 aliphatic heterocycles. The highest BCUT2D eigenvalue weighted by molar-refractivity contribution is 5.13. The zero-order chi connectivity index (χ0) is 16.4. The second kappa shape index (κ2) is 6.71. The first-order valence-corrected chi connectivity index (χ1v) is 7.96. The van der Waals surface area contributed by atoms with Crippen molar-refractivity contribution < 1.29 is 24.1 Å². The van der Waals surface area contributed by atoms with Crippen molar-refractivity contribution >= 4 is 0 Å². The maximum absolute atomic E-state index is 10.3. The van der Waals surface area contributed by atoms with E-state index < -0.39 is 30.4 Å². The van der Waals surface area contributed by atoms with Gasteiger partial charge in [-0.25, -0.2) is 0 Å². The lowest BCUT2D eigenvalue weighted by Crippen LogP contribution is -2.42. The molecule has 1 aromatic rings. The second-order valence-electron chi connectivity index (χ2n) is 6.42. The van der Waals surface area contributed by atoms with E-state index >= 15 is 0 Å². The Morgan fingerprint density at radius 3 is 2.74 bits per heavy atom. The Hall–Kier alpha value is -1.24. The molecule has 0 bridgehead atoms. The highest BCUT2D eigenvalue weighted by Gasteiger charge is 2.56. The van der Waals surface area contributed by atoms with E-state index in [9.17, 15) is 5.11 Å². The van der Waals surface area contributed by atoms with E-state index in [1.807, 2.05) is 44.2 Å². The molecule has 0 amide bonds. The highest BCUT2D eigenvalue weighted by Crippen LogP contribution is 2.40. The molecule has 2 aliphatic rings. The van der Waals surface area contributed by atoms with Crippen LogP contribution >= 0.6 is 0 Å². The number of ether oxygens (including phenoxy) is 4. The van der Waals surface area contributed by atoms with Crippen molar-refractivity contribution in [3.63, 3.8) is 0 Å². The largest absolute Gasteiger partial charge is 0.390 e. The minimum atomic E-state index is -0.710. The van der Waals surface area contributed by atoms with Crippen molar-refractivity contribution in [2.75, 3.05) is 0 Å². The van der Waals surface area contributed by atoms with E-state index in [1.165, 1.54) is 0 Å². The zero-order valence-electron chi connectivity index (χ0n) is 13.6. The molecule has 3 rings (SSSR count). The predicted octanol–water partition coefficient (Wildman–Crippen LogP) is 2.39. The fraction of sp³-hybridized carbons (Fsp3) is 0.556. The predicted molar refractivity (Wildman–Crippen MR) is 84.5 cm³/mol. The number of hydrogen-bond donors (Lipinski definition) is 1. The number of hydrogen-bond acceptors (Lipinski definition) is 5. The smallest absolute Gasteiger partial charge is 0.190 e. The number of rotatable bonds is 6. The molecule has 0 aliphatic carbocycles. The first-order valence-electron chi connectivity index (χ1n) is 7.96. The van der Waals surface area contributed by atoms with Gasteiger partial charge in [0.15, 0.2) is 12.1 Å². The Morgan fingerprint density at radius 1 is 1.30 bits per heavy atom. The van der Waals surface area contributed by atoms with Crippen LogP contribution in [0.5, 0.6) is 0 Å². The number of aliphatic hydroxyl groups excluding tert-OH is 1. The second-order valence-corrected chi connectivity index (χ2v) is 6.42. The monoisotopic (exact) mass is 320 g/mol. The molecule has 5 heteroatoms. The normalized spacial score (nSPS) is 33.3. The first-order chi connectivity index (χ1) is 11.0. The van der Waals surface area contributed by atoms with Gasteiger partial charge in [-0.15, -0.1) is 6.58 Å². The van der Waals surface area contributed by atoms with Crippen LogP contribution in [0.3, 0.4) is 0 Å². The minimum Gasteiger partial charge on any atom is -0.390 e. The molecule has 2 heterocycles. The molecular formula is C18H24O5. The standard InChI is InChI=1S/C18H24O5/c1-4-8-13(19)14-15(20-11-12-9-6-5-7-10-12)16-17(21-14)23-18(2,3)22-16/h4-7,9-10,13-17,19H,1,8,11H2,2-3H3/t13?,14?,15-,16+,17+/m0/s1. The maximum atomic E-state index is 10.3. The van der Waals surface area contributed by atoms with Gasteiger partial charge in [0.25, 0.3) is 0 Å². The molecule has 0 radical (unpaired) electrons. The Kier molecular flexibility index (Phi) is 4.85. The molecule has 23 heavy (non-hydrogen) atoms. The van der Waals surface area contributed by atoms with Gasteiger partial charge >= 0.3 is 0 Å². The summed E-state index contributed by atoms with van der Waals surface area (Å²) in [7, 11) is 0. The van der Waals surface area contributed by atoms with Crippen LogP contribution in [-0.2, 0) is 25.6 Å². The van der Waals surface area contributed by atoms with Gasteiger partial charge in [-0.2, -0.15) is 0 Å². The van der Waals surface area contributed by atoms with E-state index in [-0.39, 0.29) is 6.10 Å². The summed E-state index contributed by atoms with van der Waals surface area (Å²) in [5.74, 6) is -0.710. The van der Waals surface area contributed by atoms with Gasteiger partial charge in [-0.05, 0) is 25.8 Å². The molecule has 5 nitrogen and oxygen atoms in total. The topological polar surface area (TPSA) is 57.2 Å². The molecule has 1 N–H and O–H groups in total. The quantitative estimate of drug-likeness (QED) is 0.816. The average molecular weight is 320 g/mol. The van der Waals surface area contributed by atoms with Gasteiger partial charge in [0.2, 0.25) is 0 Å². The van der Waals surface area contributed by atoms with Crippen LogP contribution in [0.15, 0.2) is 43.0 Å².